The molecule has 1 unspecified atom stereocenters. The molecule has 16 heavy (non-hydrogen) atoms. The number of methoxy groups -OCH3 is 1. The van der Waals surface area contributed by atoms with Crippen LogP contribution in [-0.2, 0) is 9.53 Å². The largest absolute Gasteiger partial charge is 0.469 e. The molecule has 0 aromatic heterocycles. The third-order valence-corrected chi connectivity index (χ3v) is 3.11. The number of likely N-dealkylation sites (tertiary alicyclic amines) is 1. The molecule has 0 radical (unpaired) electrons. The van der Waals surface area contributed by atoms with Gasteiger partial charge in [-0.25, -0.2) is 0 Å². The molecular formula is C12H24N2O2. The minimum atomic E-state index is -0.134. The van der Waals surface area contributed by atoms with Crippen LogP contribution in [0.4, 0.5) is 0 Å². The first kappa shape index (κ1) is 13.5. The van der Waals surface area contributed by atoms with Crippen LogP contribution in [-0.4, -0.2) is 50.7 Å². The van der Waals surface area contributed by atoms with Crippen LogP contribution in [0.2, 0.25) is 0 Å². The average Bonchev–Trinajstić information content (AvgIpc) is 2.34. The van der Waals surface area contributed by atoms with Gasteiger partial charge in [0.15, 0.2) is 0 Å². The highest BCUT2D eigenvalue weighted by molar-refractivity contribution is 5.71. The quantitative estimate of drug-likeness (QED) is 0.541. The second-order valence-electron chi connectivity index (χ2n) is 4.53. The molecule has 1 aliphatic heterocycles. The van der Waals surface area contributed by atoms with E-state index in [-0.39, 0.29) is 11.9 Å². The minimum Gasteiger partial charge on any atom is -0.469 e. The Labute approximate surface area is 98.3 Å². The monoisotopic (exact) mass is 228 g/mol. The van der Waals surface area contributed by atoms with Crippen LogP contribution in [0.3, 0.4) is 0 Å². The van der Waals surface area contributed by atoms with Crippen LogP contribution in [0.25, 0.3) is 0 Å². The molecule has 94 valence electrons. The molecule has 0 amide bonds. The lowest BCUT2D eigenvalue weighted by atomic mass is 10.1. The topological polar surface area (TPSA) is 41.6 Å². The first-order valence-corrected chi connectivity index (χ1v) is 6.25. The van der Waals surface area contributed by atoms with Gasteiger partial charge in [0.2, 0.25) is 0 Å². The summed E-state index contributed by atoms with van der Waals surface area (Å²) in [6.45, 7) is 7.11. The maximum absolute atomic E-state index is 11.1. The molecule has 1 rings (SSSR count). The fourth-order valence-electron chi connectivity index (χ4n) is 2.02. The predicted molar refractivity (Wildman–Crippen MR) is 64.3 cm³/mol. The third kappa shape index (κ3) is 4.94. The molecule has 1 N–H and O–H groups in total. The first-order valence-electron chi connectivity index (χ1n) is 6.25. The number of hydrogen-bond acceptors (Lipinski definition) is 4. The predicted octanol–water partition coefficient (Wildman–Crippen LogP) is 0.871. The van der Waals surface area contributed by atoms with Crippen molar-refractivity contribution in [1.82, 2.24) is 10.2 Å². The van der Waals surface area contributed by atoms with Crippen molar-refractivity contribution in [2.45, 2.75) is 26.2 Å². The molecule has 1 aliphatic rings. The van der Waals surface area contributed by atoms with Crippen LogP contribution in [0.5, 0.6) is 0 Å². The number of carbonyl (C=O) groups excluding carboxylic acids is 1. The number of carbonyl (C=O) groups is 1. The summed E-state index contributed by atoms with van der Waals surface area (Å²) in [5.41, 5.74) is 0. The highest BCUT2D eigenvalue weighted by Gasteiger charge is 2.13. The maximum atomic E-state index is 11.1. The molecule has 0 saturated carbocycles. The third-order valence-electron chi connectivity index (χ3n) is 3.11. The fraction of sp³-hybridized carbons (Fsp3) is 0.917. The lowest BCUT2D eigenvalue weighted by Gasteiger charge is -2.26. The molecular weight excluding hydrogens is 204 g/mol. The van der Waals surface area contributed by atoms with Crippen LogP contribution in [0, 0.1) is 5.92 Å². The number of esters is 1. The van der Waals surface area contributed by atoms with Crippen molar-refractivity contribution >= 4 is 5.97 Å². The van der Waals surface area contributed by atoms with E-state index in [2.05, 4.69) is 15.0 Å². The lowest BCUT2D eigenvalue weighted by Crippen LogP contribution is -2.37. The van der Waals surface area contributed by atoms with Crippen molar-refractivity contribution in [2.24, 2.45) is 5.92 Å². The molecule has 1 saturated heterocycles. The van der Waals surface area contributed by atoms with Gasteiger partial charge < -0.3 is 15.0 Å². The summed E-state index contributed by atoms with van der Waals surface area (Å²) < 4.78 is 4.67. The maximum Gasteiger partial charge on any atom is 0.309 e. The van der Waals surface area contributed by atoms with Gasteiger partial charge in [0, 0.05) is 19.6 Å². The Kier molecular flexibility index (Phi) is 6.42. The minimum absolute atomic E-state index is 0.0497. The van der Waals surface area contributed by atoms with E-state index in [1.54, 1.807) is 0 Å². The summed E-state index contributed by atoms with van der Waals surface area (Å²) in [4.78, 5) is 13.6. The van der Waals surface area contributed by atoms with Crippen molar-refractivity contribution in [2.75, 3.05) is 39.8 Å². The summed E-state index contributed by atoms with van der Waals surface area (Å²) >= 11 is 0. The van der Waals surface area contributed by atoms with E-state index in [4.69, 9.17) is 0 Å². The number of piperidine rings is 1. The summed E-state index contributed by atoms with van der Waals surface area (Å²) in [6.07, 6.45) is 4.04. The normalized spacial score (nSPS) is 19.4. The molecule has 0 aromatic rings. The number of nitrogens with one attached hydrogen (secondary N) is 1. The van der Waals surface area contributed by atoms with Crippen LogP contribution < -0.4 is 5.32 Å². The number of hydrogen-bond donors (Lipinski definition) is 1. The van der Waals surface area contributed by atoms with Gasteiger partial charge in [0.05, 0.1) is 13.0 Å². The van der Waals surface area contributed by atoms with E-state index in [9.17, 15) is 4.79 Å². The van der Waals surface area contributed by atoms with E-state index < -0.39 is 0 Å². The van der Waals surface area contributed by atoms with Crippen LogP contribution >= 0.6 is 0 Å². The fourth-order valence-corrected chi connectivity index (χ4v) is 2.02. The Hall–Kier alpha value is -0.610. The van der Waals surface area contributed by atoms with Gasteiger partial charge in [-0.15, -0.1) is 0 Å². The second-order valence-corrected chi connectivity index (χ2v) is 4.53. The molecule has 1 atom stereocenters. The van der Waals surface area contributed by atoms with Crippen molar-refractivity contribution < 1.29 is 9.53 Å². The molecule has 0 spiro atoms. The van der Waals surface area contributed by atoms with Gasteiger partial charge in [0.1, 0.15) is 0 Å². The first-order chi connectivity index (χ1) is 7.74. The second kappa shape index (κ2) is 7.63. The lowest BCUT2D eigenvalue weighted by molar-refractivity contribution is -0.144. The molecule has 0 aliphatic carbocycles. The molecule has 0 bridgehead atoms. The van der Waals surface area contributed by atoms with Crippen molar-refractivity contribution in [1.29, 1.82) is 0 Å². The van der Waals surface area contributed by atoms with Crippen molar-refractivity contribution in [3.63, 3.8) is 0 Å². The van der Waals surface area contributed by atoms with Gasteiger partial charge in [-0.3, -0.25) is 4.79 Å². The van der Waals surface area contributed by atoms with E-state index in [1.165, 1.54) is 39.5 Å². The van der Waals surface area contributed by atoms with E-state index in [0.29, 0.717) is 6.54 Å². The Morgan fingerprint density at radius 3 is 2.69 bits per heavy atom. The summed E-state index contributed by atoms with van der Waals surface area (Å²) in [5.74, 6) is -0.183. The van der Waals surface area contributed by atoms with Crippen molar-refractivity contribution in [3.05, 3.63) is 0 Å². The molecule has 4 nitrogen and oxygen atoms in total. The van der Waals surface area contributed by atoms with E-state index in [0.717, 1.165) is 13.1 Å². The zero-order chi connectivity index (χ0) is 11.8. The Balaban J connectivity index is 2.00. The zero-order valence-corrected chi connectivity index (χ0v) is 10.5. The molecule has 1 fully saturated rings. The summed E-state index contributed by atoms with van der Waals surface area (Å²) in [6, 6.07) is 0. The van der Waals surface area contributed by atoms with Gasteiger partial charge in [0.25, 0.3) is 0 Å². The molecule has 0 aromatic carbocycles. The van der Waals surface area contributed by atoms with Gasteiger partial charge in [-0.1, -0.05) is 13.3 Å². The number of ether oxygens (including phenoxy) is 1. The van der Waals surface area contributed by atoms with Crippen LogP contribution in [0.1, 0.15) is 26.2 Å². The Bertz CT molecular complexity index is 203. The summed E-state index contributed by atoms with van der Waals surface area (Å²) in [5, 5.41) is 3.31. The Morgan fingerprint density at radius 1 is 1.38 bits per heavy atom. The molecule has 4 heteroatoms. The number of nitrogens with zero attached hydrogens (tertiary/aromatic N) is 1. The van der Waals surface area contributed by atoms with Gasteiger partial charge >= 0.3 is 5.97 Å². The molecule has 1 heterocycles. The van der Waals surface area contributed by atoms with E-state index >= 15 is 0 Å². The van der Waals surface area contributed by atoms with Crippen LogP contribution in [0.15, 0.2) is 0 Å². The summed E-state index contributed by atoms with van der Waals surface area (Å²) in [7, 11) is 1.44. The van der Waals surface area contributed by atoms with Gasteiger partial charge in [-0.05, 0) is 25.9 Å². The van der Waals surface area contributed by atoms with Crippen molar-refractivity contribution in [3.8, 4) is 0 Å². The van der Waals surface area contributed by atoms with E-state index in [1.807, 2.05) is 6.92 Å². The highest BCUT2D eigenvalue weighted by atomic mass is 16.5. The average molecular weight is 228 g/mol. The standard InChI is InChI=1S/C12H24N2O2/c1-11(12(15)16-2)10-13-6-9-14-7-4-3-5-8-14/h11,13H,3-10H2,1-2H3. The highest BCUT2D eigenvalue weighted by Crippen LogP contribution is 2.07. The number of rotatable bonds is 6. The van der Waals surface area contributed by atoms with Gasteiger partial charge in [-0.2, -0.15) is 0 Å². The SMILES string of the molecule is COC(=O)C(C)CNCCN1CCCCC1. The smallest absolute Gasteiger partial charge is 0.309 e. The zero-order valence-electron chi connectivity index (χ0n) is 10.5. The Morgan fingerprint density at radius 2 is 2.06 bits per heavy atom.